The lowest BCUT2D eigenvalue weighted by Gasteiger charge is -2.06. The lowest BCUT2D eigenvalue weighted by Crippen LogP contribution is -2.31. The number of nitrogens with one attached hydrogen (secondary N) is 1. The summed E-state index contributed by atoms with van der Waals surface area (Å²) >= 11 is 0. The molecule has 33 heavy (non-hydrogen) atoms. The Kier molecular flexibility index (Phi) is 4.59. The Morgan fingerprint density at radius 3 is 2.61 bits per heavy atom. The average molecular weight is 444 g/mol. The lowest BCUT2D eigenvalue weighted by atomic mass is 9.99. The third kappa shape index (κ3) is 3.55. The first kappa shape index (κ1) is 20.3. The molecular weight excluding hydrogens is 428 g/mol. The molecule has 9 heteroatoms. The van der Waals surface area contributed by atoms with Gasteiger partial charge in [0.05, 0.1) is 22.4 Å². The van der Waals surface area contributed by atoms with Crippen molar-refractivity contribution >= 4 is 47.7 Å². The van der Waals surface area contributed by atoms with Crippen LogP contribution >= 0.6 is 0 Å². The van der Waals surface area contributed by atoms with E-state index < -0.39 is 23.8 Å². The Morgan fingerprint density at radius 1 is 1.12 bits per heavy atom. The second kappa shape index (κ2) is 7.49. The van der Waals surface area contributed by atoms with Crippen LogP contribution in [-0.2, 0) is 9.59 Å². The van der Waals surface area contributed by atoms with Crippen LogP contribution in [0.15, 0.2) is 39.7 Å². The van der Waals surface area contributed by atoms with Gasteiger partial charge < -0.3 is 24.7 Å². The van der Waals surface area contributed by atoms with Gasteiger partial charge in [-0.05, 0) is 48.9 Å². The molecule has 9 nitrogen and oxygen atoms in total. The fourth-order valence-electron chi connectivity index (χ4n) is 3.92. The first-order chi connectivity index (χ1) is 15.8. The van der Waals surface area contributed by atoms with Crippen molar-refractivity contribution in [3.05, 3.63) is 73.4 Å². The molecule has 2 aliphatic rings. The highest BCUT2D eigenvalue weighted by Gasteiger charge is 2.19. The molecule has 1 amide bonds. The van der Waals surface area contributed by atoms with Gasteiger partial charge >= 0.3 is 11.9 Å². The molecule has 1 aliphatic carbocycles. The molecule has 164 valence electrons. The SMILES string of the molecule is O=C1N=c2ccc(C(=O)O)cc2=C1C=c1ccc(=Cc2c(O)[nH]c3c2=CC(C(=O)O)CC=3)o1. The van der Waals surface area contributed by atoms with Gasteiger partial charge in [0.2, 0.25) is 0 Å². The summed E-state index contributed by atoms with van der Waals surface area (Å²) in [7, 11) is 0. The molecule has 4 N–H and O–H groups in total. The predicted molar refractivity (Wildman–Crippen MR) is 115 cm³/mol. The van der Waals surface area contributed by atoms with Crippen molar-refractivity contribution < 1.29 is 34.1 Å². The normalized spacial score (nSPS) is 17.8. The van der Waals surface area contributed by atoms with Gasteiger partial charge in [-0.15, -0.1) is 0 Å². The zero-order valence-corrected chi connectivity index (χ0v) is 16.9. The van der Waals surface area contributed by atoms with Gasteiger partial charge in [-0.2, -0.15) is 0 Å². The summed E-state index contributed by atoms with van der Waals surface area (Å²) in [4.78, 5) is 41.7. The Balaban J connectivity index is 1.63. The third-order valence-electron chi connectivity index (χ3n) is 5.56. The molecule has 3 aromatic rings. The van der Waals surface area contributed by atoms with Gasteiger partial charge in [0, 0.05) is 21.3 Å². The second-order valence-corrected chi connectivity index (χ2v) is 7.66. The van der Waals surface area contributed by atoms with Gasteiger partial charge in [0.25, 0.3) is 5.91 Å². The standard InChI is InChI=1S/C24H16N2O7/c27-21-17(15-7-11(23(29)30)1-5-19(15)25-21)9-13-3-4-14(33-13)10-18-16-8-12(24(31)32)2-6-20(16)26-22(18)28/h1,3-10,12,26,28H,2H2,(H,29,30)(H,31,32). The van der Waals surface area contributed by atoms with E-state index in [0.29, 0.717) is 44.0 Å². The summed E-state index contributed by atoms with van der Waals surface area (Å²) < 4.78 is 5.77. The van der Waals surface area contributed by atoms with Crippen LogP contribution in [0.5, 0.6) is 5.88 Å². The minimum absolute atomic E-state index is 0.0402. The number of nitrogens with zero attached hydrogens (tertiary/aromatic N) is 1. The van der Waals surface area contributed by atoms with Crippen LogP contribution < -0.4 is 32.0 Å². The number of hydrogen-bond acceptors (Lipinski definition) is 5. The van der Waals surface area contributed by atoms with Crippen LogP contribution in [0.3, 0.4) is 0 Å². The largest absolute Gasteiger partial charge is 0.494 e. The molecule has 0 bridgehead atoms. The van der Waals surface area contributed by atoms with Crippen molar-refractivity contribution in [2.24, 2.45) is 10.9 Å². The quantitative estimate of drug-likeness (QED) is 0.374. The predicted octanol–water partition coefficient (Wildman–Crippen LogP) is -1.70. The monoisotopic (exact) mass is 444 g/mol. The number of aromatic carboxylic acids is 1. The highest BCUT2D eigenvalue weighted by atomic mass is 16.4. The highest BCUT2D eigenvalue weighted by Crippen LogP contribution is 2.13. The van der Waals surface area contributed by atoms with Gasteiger partial charge in [-0.3, -0.25) is 9.59 Å². The summed E-state index contributed by atoms with van der Waals surface area (Å²) in [6.45, 7) is 0. The number of furan rings is 1. The fraction of sp³-hybridized carbons (Fsp3) is 0.0833. The number of amides is 1. The number of aromatic amines is 1. The number of carbonyl (C=O) groups excluding carboxylic acids is 1. The van der Waals surface area contributed by atoms with Crippen LogP contribution in [0.1, 0.15) is 22.3 Å². The number of carboxylic acid groups (broad SMARTS) is 2. The molecule has 0 fully saturated rings. The molecule has 5 rings (SSSR count). The molecule has 0 saturated carbocycles. The fourth-order valence-corrected chi connectivity index (χ4v) is 3.92. The molecule has 1 aromatic carbocycles. The van der Waals surface area contributed by atoms with E-state index in [9.17, 15) is 29.7 Å². The van der Waals surface area contributed by atoms with Crippen molar-refractivity contribution in [3.63, 3.8) is 0 Å². The number of fused-ring (bicyclic) bond motifs is 2. The van der Waals surface area contributed by atoms with Crippen molar-refractivity contribution in [3.8, 4) is 5.88 Å². The number of H-pyrrole nitrogens is 1. The van der Waals surface area contributed by atoms with Crippen LogP contribution in [0.25, 0.3) is 29.9 Å². The Hall–Kier alpha value is -4.66. The maximum Gasteiger partial charge on any atom is 0.335 e. The van der Waals surface area contributed by atoms with Crippen molar-refractivity contribution in [2.75, 3.05) is 0 Å². The number of benzene rings is 1. The molecular formula is C24H16N2O7. The number of hydrogen-bond donors (Lipinski definition) is 4. The smallest absolute Gasteiger partial charge is 0.335 e. The number of aromatic hydroxyl groups is 1. The maximum atomic E-state index is 12.3. The molecule has 1 unspecified atom stereocenters. The number of carboxylic acids is 2. The summed E-state index contributed by atoms with van der Waals surface area (Å²) in [5.74, 6) is -3.37. The topological polar surface area (TPSA) is 153 Å². The minimum Gasteiger partial charge on any atom is -0.494 e. The summed E-state index contributed by atoms with van der Waals surface area (Å²) in [5.41, 5.74) is 1.34. The highest BCUT2D eigenvalue weighted by molar-refractivity contribution is 6.25. The van der Waals surface area contributed by atoms with Gasteiger partial charge in [-0.1, -0.05) is 12.2 Å². The Bertz CT molecular complexity index is 1740. The lowest BCUT2D eigenvalue weighted by molar-refractivity contribution is -0.139. The number of aliphatic carboxylic acids is 1. The van der Waals surface area contributed by atoms with Crippen molar-refractivity contribution in [1.82, 2.24) is 4.98 Å². The van der Waals surface area contributed by atoms with Crippen LogP contribution in [0, 0.1) is 5.92 Å². The first-order valence-electron chi connectivity index (χ1n) is 9.96. The van der Waals surface area contributed by atoms with Crippen molar-refractivity contribution in [2.45, 2.75) is 6.42 Å². The molecule has 1 aliphatic heterocycles. The zero-order valence-electron chi connectivity index (χ0n) is 16.9. The van der Waals surface area contributed by atoms with Gasteiger partial charge in [0.1, 0.15) is 10.8 Å². The van der Waals surface area contributed by atoms with E-state index in [0.717, 1.165) is 0 Å². The van der Waals surface area contributed by atoms with E-state index in [-0.39, 0.29) is 17.0 Å². The molecule has 2 aromatic heterocycles. The van der Waals surface area contributed by atoms with Crippen LogP contribution in [0.4, 0.5) is 0 Å². The van der Waals surface area contributed by atoms with Crippen LogP contribution in [-0.4, -0.2) is 38.1 Å². The van der Waals surface area contributed by atoms with E-state index in [1.807, 2.05) is 0 Å². The summed E-state index contributed by atoms with van der Waals surface area (Å²) in [6, 6.07) is 7.51. The average Bonchev–Trinajstić information content (AvgIpc) is 3.44. The van der Waals surface area contributed by atoms with E-state index in [4.69, 9.17) is 4.42 Å². The molecule has 3 heterocycles. The minimum atomic E-state index is -1.11. The van der Waals surface area contributed by atoms with E-state index in [1.54, 1.807) is 30.4 Å². The van der Waals surface area contributed by atoms with Gasteiger partial charge in [0.15, 0.2) is 5.88 Å². The first-order valence-corrected chi connectivity index (χ1v) is 9.96. The molecule has 0 spiro atoms. The van der Waals surface area contributed by atoms with Crippen LogP contribution in [0.2, 0.25) is 0 Å². The molecule has 1 atom stereocenters. The van der Waals surface area contributed by atoms with Gasteiger partial charge in [-0.25, -0.2) is 9.79 Å². The zero-order chi connectivity index (χ0) is 23.3. The summed E-state index contributed by atoms with van der Waals surface area (Å²) in [6.07, 6.45) is 6.68. The number of carbonyl (C=O) groups is 3. The van der Waals surface area contributed by atoms with E-state index in [2.05, 4.69) is 9.98 Å². The van der Waals surface area contributed by atoms with Crippen molar-refractivity contribution in [1.29, 1.82) is 0 Å². The Labute approximate surface area is 184 Å². The summed E-state index contributed by atoms with van der Waals surface area (Å²) in [5, 5.41) is 30.8. The van der Waals surface area contributed by atoms with E-state index in [1.165, 1.54) is 24.3 Å². The number of rotatable bonds is 4. The molecule has 0 saturated heterocycles. The second-order valence-electron chi connectivity index (χ2n) is 7.66. The van der Waals surface area contributed by atoms with E-state index >= 15 is 0 Å². The maximum absolute atomic E-state index is 12.3. The third-order valence-corrected chi connectivity index (χ3v) is 5.56. The molecule has 0 radical (unpaired) electrons. The Morgan fingerprint density at radius 2 is 1.88 bits per heavy atom. The number of aromatic nitrogens is 1.